The van der Waals surface area contributed by atoms with Crippen LogP contribution in [0.15, 0.2) is 36.6 Å². The summed E-state index contributed by atoms with van der Waals surface area (Å²) in [5.74, 6) is 0.991. The maximum atomic E-state index is 5.24. The van der Waals surface area contributed by atoms with Gasteiger partial charge in [0.2, 0.25) is 0 Å². The summed E-state index contributed by atoms with van der Waals surface area (Å²) in [7, 11) is 0. The summed E-state index contributed by atoms with van der Waals surface area (Å²) in [6, 6.07) is 8.08. The Morgan fingerprint density at radius 3 is 2.82 bits per heavy atom. The molecule has 0 amide bonds. The summed E-state index contributed by atoms with van der Waals surface area (Å²) in [5, 5.41) is 0. The van der Waals surface area contributed by atoms with Crippen LogP contribution in [0, 0.1) is 0 Å². The fourth-order valence-corrected chi connectivity index (χ4v) is 1.08. The predicted molar refractivity (Wildman–Crippen MR) is 39.9 cm³/mol. The molecule has 2 heteroatoms. The van der Waals surface area contributed by atoms with Gasteiger partial charge in [0.05, 0.1) is 6.26 Å². The zero-order valence-corrected chi connectivity index (χ0v) is 7.64. The molecule has 0 spiro atoms. The molecular weight excluding hydrogens is 172 g/mol. The van der Waals surface area contributed by atoms with Crippen LogP contribution in [0.25, 0.3) is 0 Å². The Bertz CT molecular complexity index is 241. The normalized spacial score (nSPS) is 12.7. The Kier molecular flexibility index (Phi) is 2.92. The number of hydrogen-bond donors (Lipinski definition) is 0. The number of allylic oxidation sites excluding steroid dienone is 1. The second kappa shape index (κ2) is 3.75. The van der Waals surface area contributed by atoms with Gasteiger partial charge in [0, 0.05) is 21.7 Å². The largest absolute Gasteiger partial charge is 0.465 e. The van der Waals surface area contributed by atoms with Crippen LogP contribution < -0.4 is 4.74 Å². The van der Waals surface area contributed by atoms with E-state index in [1.165, 1.54) is 5.56 Å². The molecule has 1 nitrogen and oxygen atoms in total. The van der Waals surface area contributed by atoms with Crippen molar-refractivity contribution in [1.82, 2.24) is 0 Å². The molecule has 0 fully saturated rings. The number of rotatable bonds is 0. The van der Waals surface area contributed by atoms with Gasteiger partial charge in [0.1, 0.15) is 5.75 Å². The Labute approximate surface area is 81.0 Å². The van der Waals surface area contributed by atoms with Crippen LogP contribution in [0.3, 0.4) is 0 Å². The van der Waals surface area contributed by atoms with E-state index in [0.29, 0.717) is 0 Å². The summed E-state index contributed by atoms with van der Waals surface area (Å²) in [6.07, 6.45) is 4.75. The van der Waals surface area contributed by atoms with Crippen LogP contribution in [-0.2, 0) is 28.1 Å². The van der Waals surface area contributed by atoms with Gasteiger partial charge in [-0.3, -0.25) is 0 Å². The van der Waals surface area contributed by atoms with Crippen molar-refractivity contribution in [1.29, 1.82) is 0 Å². The minimum atomic E-state index is 0. The van der Waals surface area contributed by atoms with Gasteiger partial charge in [-0.15, -0.1) is 0 Å². The van der Waals surface area contributed by atoms with Crippen molar-refractivity contribution in [3.63, 3.8) is 0 Å². The maximum Gasteiger partial charge on any atom is 0.130 e. The topological polar surface area (TPSA) is 9.23 Å². The molecule has 1 aliphatic rings. The molecule has 0 aromatic heterocycles. The average molecular weight is 180 g/mol. The van der Waals surface area contributed by atoms with Crippen molar-refractivity contribution >= 4 is 0 Å². The third kappa shape index (κ3) is 1.73. The molecule has 54 valence electrons. The smallest absolute Gasteiger partial charge is 0.130 e. The van der Waals surface area contributed by atoms with Gasteiger partial charge in [0.15, 0.2) is 0 Å². The molecule has 0 unspecified atom stereocenters. The molecule has 1 aromatic rings. The van der Waals surface area contributed by atoms with Crippen molar-refractivity contribution in [3.8, 4) is 5.75 Å². The van der Waals surface area contributed by atoms with Gasteiger partial charge in [-0.1, -0.05) is 18.2 Å². The molecule has 0 atom stereocenters. The van der Waals surface area contributed by atoms with E-state index in [0.717, 1.165) is 12.2 Å². The van der Waals surface area contributed by atoms with Crippen LogP contribution in [-0.4, -0.2) is 0 Å². The summed E-state index contributed by atoms with van der Waals surface area (Å²) in [4.78, 5) is 0. The number of benzene rings is 1. The Hall–Kier alpha value is -0.526. The summed E-state index contributed by atoms with van der Waals surface area (Å²) >= 11 is 0. The van der Waals surface area contributed by atoms with Gasteiger partial charge in [0.25, 0.3) is 0 Å². The predicted octanol–water partition coefficient (Wildman–Crippen LogP) is 2.13. The molecule has 0 saturated heterocycles. The summed E-state index contributed by atoms with van der Waals surface area (Å²) in [5.41, 5.74) is 1.27. The molecule has 2 rings (SSSR count). The number of hydrogen-bond acceptors (Lipinski definition) is 1. The van der Waals surface area contributed by atoms with Crippen LogP contribution in [0.4, 0.5) is 0 Å². The molecule has 0 radical (unpaired) electrons. The third-order valence-electron chi connectivity index (χ3n) is 1.60. The van der Waals surface area contributed by atoms with E-state index >= 15 is 0 Å². The van der Waals surface area contributed by atoms with E-state index in [1.807, 2.05) is 24.3 Å². The molecule has 1 aromatic carbocycles. The third-order valence-corrected chi connectivity index (χ3v) is 1.60. The zero-order chi connectivity index (χ0) is 6.81. The van der Waals surface area contributed by atoms with Gasteiger partial charge in [-0.2, -0.15) is 0 Å². The van der Waals surface area contributed by atoms with Crippen molar-refractivity contribution in [2.75, 3.05) is 0 Å². The molecule has 1 aliphatic heterocycles. The molecular formula is C9H8OTi. The zero-order valence-electron chi connectivity index (χ0n) is 6.08. The van der Waals surface area contributed by atoms with Crippen molar-refractivity contribution in [2.24, 2.45) is 0 Å². The molecule has 1 heterocycles. The first kappa shape index (κ1) is 8.57. The van der Waals surface area contributed by atoms with E-state index < -0.39 is 0 Å². The van der Waals surface area contributed by atoms with E-state index in [-0.39, 0.29) is 21.7 Å². The molecule has 0 saturated carbocycles. The van der Waals surface area contributed by atoms with Gasteiger partial charge < -0.3 is 4.74 Å². The standard InChI is InChI=1S/C9H8O.Ti/c1-2-6-9-8(4-1)5-3-7-10-9;/h1-4,6-7H,5H2;. The SMILES string of the molecule is C1=COc2ccccc2C1.[Ti]. The molecule has 0 N–H and O–H groups in total. The first-order valence-corrected chi connectivity index (χ1v) is 3.36. The van der Waals surface area contributed by atoms with E-state index in [1.54, 1.807) is 6.26 Å². The van der Waals surface area contributed by atoms with Crippen LogP contribution >= 0.6 is 0 Å². The number of fused-ring (bicyclic) bond motifs is 1. The van der Waals surface area contributed by atoms with Gasteiger partial charge in [-0.25, -0.2) is 0 Å². The average Bonchev–Trinajstić information content (AvgIpc) is 2.05. The molecule has 0 bridgehead atoms. The molecule has 11 heavy (non-hydrogen) atoms. The van der Waals surface area contributed by atoms with E-state index in [4.69, 9.17) is 4.74 Å². The van der Waals surface area contributed by atoms with Gasteiger partial charge in [-0.05, 0) is 24.1 Å². The Morgan fingerprint density at radius 1 is 1.18 bits per heavy atom. The molecule has 0 aliphatic carbocycles. The van der Waals surface area contributed by atoms with E-state index in [2.05, 4.69) is 6.07 Å². The maximum absolute atomic E-state index is 5.24. The van der Waals surface area contributed by atoms with Crippen molar-refractivity contribution in [2.45, 2.75) is 6.42 Å². The fraction of sp³-hybridized carbons (Fsp3) is 0.111. The second-order valence-corrected chi connectivity index (χ2v) is 2.30. The number of ether oxygens (including phenoxy) is 1. The van der Waals surface area contributed by atoms with E-state index in [9.17, 15) is 0 Å². The second-order valence-electron chi connectivity index (χ2n) is 2.30. The van der Waals surface area contributed by atoms with Crippen molar-refractivity contribution < 1.29 is 26.5 Å². The minimum Gasteiger partial charge on any atom is -0.465 e. The van der Waals surface area contributed by atoms with Crippen LogP contribution in [0.1, 0.15) is 5.56 Å². The summed E-state index contributed by atoms with van der Waals surface area (Å²) in [6.45, 7) is 0. The summed E-state index contributed by atoms with van der Waals surface area (Å²) < 4.78 is 5.24. The van der Waals surface area contributed by atoms with Crippen molar-refractivity contribution in [3.05, 3.63) is 42.2 Å². The first-order chi connectivity index (χ1) is 4.97. The monoisotopic (exact) mass is 180 g/mol. The Balaban J connectivity index is 0.000000605. The van der Waals surface area contributed by atoms with Gasteiger partial charge >= 0.3 is 0 Å². The van der Waals surface area contributed by atoms with Crippen LogP contribution in [0.5, 0.6) is 5.75 Å². The Morgan fingerprint density at radius 2 is 2.00 bits per heavy atom. The quantitative estimate of drug-likeness (QED) is 0.555. The van der Waals surface area contributed by atoms with Crippen LogP contribution in [0.2, 0.25) is 0 Å². The fourth-order valence-electron chi connectivity index (χ4n) is 1.08. The minimum absolute atomic E-state index is 0. The first-order valence-electron chi connectivity index (χ1n) is 3.36. The number of para-hydroxylation sites is 1.